The Morgan fingerprint density at radius 2 is 2.05 bits per heavy atom. The minimum atomic E-state index is 0.650. The Bertz CT molecular complexity index is 518. The van der Waals surface area contributed by atoms with Crippen LogP contribution in [0.25, 0.3) is 11.0 Å². The second kappa shape index (κ2) is 7.09. The van der Waals surface area contributed by atoms with Gasteiger partial charge in [0.1, 0.15) is 5.82 Å². The van der Waals surface area contributed by atoms with Gasteiger partial charge in [0.25, 0.3) is 0 Å². The third-order valence-electron chi connectivity index (χ3n) is 3.54. The first kappa shape index (κ1) is 14.6. The van der Waals surface area contributed by atoms with Crippen LogP contribution in [-0.2, 0) is 13.0 Å². The monoisotopic (exact) mass is 322 g/mol. The van der Waals surface area contributed by atoms with Crippen molar-refractivity contribution in [3.63, 3.8) is 0 Å². The smallest absolute Gasteiger partial charge is 0.109 e. The van der Waals surface area contributed by atoms with Crippen LogP contribution in [0.5, 0.6) is 0 Å². The van der Waals surface area contributed by atoms with Gasteiger partial charge < -0.3 is 4.57 Å². The second-order valence-corrected chi connectivity index (χ2v) is 6.36. The lowest BCUT2D eigenvalue weighted by molar-refractivity contribution is 0.615. The lowest BCUT2D eigenvalue weighted by atomic mass is 10.1. The number of para-hydroxylation sites is 2. The van der Waals surface area contributed by atoms with Crippen molar-refractivity contribution in [1.82, 2.24) is 9.55 Å². The Morgan fingerprint density at radius 3 is 2.79 bits per heavy atom. The first-order valence-corrected chi connectivity index (χ1v) is 8.26. The molecule has 2 rings (SSSR count). The van der Waals surface area contributed by atoms with Crippen LogP contribution in [0.1, 0.15) is 45.4 Å². The molecule has 1 unspecified atom stereocenters. The zero-order chi connectivity index (χ0) is 13.7. The maximum atomic E-state index is 4.80. The molecular weight excluding hydrogens is 300 g/mol. The Morgan fingerprint density at radius 1 is 1.26 bits per heavy atom. The molecule has 1 atom stereocenters. The van der Waals surface area contributed by atoms with E-state index in [4.69, 9.17) is 4.98 Å². The number of hydrogen-bond donors (Lipinski definition) is 0. The topological polar surface area (TPSA) is 17.8 Å². The lowest BCUT2D eigenvalue weighted by Crippen LogP contribution is -2.05. The average molecular weight is 323 g/mol. The average Bonchev–Trinajstić information content (AvgIpc) is 2.77. The molecule has 2 aromatic rings. The van der Waals surface area contributed by atoms with Gasteiger partial charge in [-0.3, -0.25) is 0 Å². The summed E-state index contributed by atoms with van der Waals surface area (Å²) < 4.78 is 2.39. The van der Waals surface area contributed by atoms with E-state index >= 15 is 0 Å². The van der Waals surface area contributed by atoms with E-state index in [0.717, 1.165) is 24.9 Å². The summed E-state index contributed by atoms with van der Waals surface area (Å²) in [6.45, 7) is 5.53. The third-order valence-corrected chi connectivity index (χ3v) is 4.65. The molecule has 2 nitrogen and oxygen atoms in total. The van der Waals surface area contributed by atoms with Crippen LogP contribution in [0.15, 0.2) is 24.3 Å². The molecule has 0 aliphatic carbocycles. The number of aryl methyl sites for hydroxylation is 2. The standard InChI is InChI=1S/C16H23BrN2/c1-3-12-19-15-10-6-5-9-14(15)18-16(19)11-7-8-13(17)4-2/h5-6,9-10,13H,3-4,7-8,11-12H2,1-2H3. The van der Waals surface area contributed by atoms with Crippen molar-refractivity contribution in [3.05, 3.63) is 30.1 Å². The normalized spacial score (nSPS) is 13.0. The van der Waals surface area contributed by atoms with Crippen LogP contribution in [0.2, 0.25) is 0 Å². The Kier molecular flexibility index (Phi) is 5.44. The number of benzene rings is 1. The molecule has 0 amide bonds. The van der Waals surface area contributed by atoms with Crippen LogP contribution in [0, 0.1) is 0 Å². The molecule has 0 bridgehead atoms. The second-order valence-electron chi connectivity index (χ2n) is 5.07. The van der Waals surface area contributed by atoms with Gasteiger partial charge >= 0.3 is 0 Å². The number of fused-ring (bicyclic) bond motifs is 1. The quantitative estimate of drug-likeness (QED) is 0.660. The van der Waals surface area contributed by atoms with Crippen molar-refractivity contribution in [3.8, 4) is 0 Å². The number of alkyl halides is 1. The molecule has 0 N–H and O–H groups in total. The van der Waals surface area contributed by atoms with Crippen LogP contribution in [0.4, 0.5) is 0 Å². The molecule has 1 aromatic carbocycles. The number of aromatic nitrogens is 2. The van der Waals surface area contributed by atoms with Crippen molar-refractivity contribution in [2.75, 3.05) is 0 Å². The molecule has 1 heterocycles. The SMILES string of the molecule is CCCn1c(CCCC(Br)CC)nc2ccccc21. The minimum Gasteiger partial charge on any atom is -0.328 e. The molecule has 19 heavy (non-hydrogen) atoms. The van der Waals surface area contributed by atoms with Crippen LogP contribution in [-0.4, -0.2) is 14.4 Å². The summed E-state index contributed by atoms with van der Waals surface area (Å²) in [6.07, 6.45) is 5.87. The van der Waals surface area contributed by atoms with E-state index in [0.29, 0.717) is 4.83 Å². The summed E-state index contributed by atoms with van der Waals surface area (Å²) in [6, 6.07) is 8.47. The van der Waals surface area contributed by atoms with Crippen LogP contribution < -0.4 is 0 Å². The molecule has 0 radical (unpaired) electrons. The van der Waals surface area contributed by atoms with Crippen molar-refractivity contribution in [1.29, 1.82) is 0 Å². The summed E-state index contributed by atoms with van der Waals surface area (Å²) in [4.78, 5) is 5.45. The van der Waals surface area contributed by atoms with Gasteiger partial charge in [0, 0.05) is 17.8 Å². The van der Waals surface area contributed by atoms with E-state index in [1.165, 1.54) is 30.6 Å². The van der Waals surface area contributed by atoms with Gasteiger partial charge in [-0.05, 0) is 37.8 Å². The summed E-state index contributed by atoms with van der Waals surface area (Å²) in [5.41, 5.74) is 2.42. The molecule has 0 aliphatic rings. The maximum absolute atomic E-state index is 4.80. The molecule has 0 aliphatic heterocycles. The molecule has 1 aromatic heterocycles. The molecule has 0 saturated carbocycles. The number of hydrogen-bond acceptors (Lipinski definition) is 1. The highest BCUT2D eigenvalue weighted by Gasteiger charge is 2.10. The Balaban J connectivity index is 2.14. The largest absolute Gasteiger partial charge is 0.328 e. The number of halogens is 1. The van der Waals surface area contributed by atoms with Gasteiger partial charge in [0.05, 0.1) is 11.0 Å². The zero-order valence-corrected chi connectivity index (χ0v) is 13.5. The zero-order valence-electron chi connectivity index (χ0n) is 11.9. The highest BCUT2D eigenvalue weighted by molar-refractivity contribution is 9.09. The summed E-state index contributed by atoms with van der Waals surface area (Å²) in [5, 5.41) is 0. The van der Waals surface area contributed by atoms with Crippen molar-refractivity contribution >= 4 is 27.0 Å². The molecule has 0 saturated heterocycles. The molecule has 0 spiro atoms. The molecule has 104 valence electrons. The predicted octanol–water partition coefficient (Wildman–Crippen LogP) is 4.94. The number of imidazole rings is 1. The summed E-state index contributed by atoms with van der Waals surface area (Å²) >= 11 is 3.71. The van der Waals surface area contributed by atoms with Crippen molar-refractivity contribution < 1.29 is 0 Å². The minimum absolute atomic E-state index is 0.650. The maximum Gasteiger partial charge on any atom is 0.109 e. The van der Waals surface area contributed by atoms with Crippen molar-refractivity contribution in [2.45, 2.75) is 57.3 Å². The summed E-state index contributed by atoms with van der Waals surface area (Å²) in [7, 11) is 0. The lowest BCUT2D eigenvalue weighted by Gasteiger charge is -2.09. The molecular formula is C16H23BrN2. The fourth-order valence-electron chi connectivity index (χ4n) is 2.48. The van der Waals surface area contributed by atoms with Crippen LogP contribution in [0.3, 0.4) is 0 Å². The highest BCUT2D eigenvalue weighted by Crippen LogP contribution is 2.19. The first-order chi connectivity index (χ1) is 9.26. The summed E-state index contributed by atoms with van der Waals surface area (Å²) in [5.74, 6) is 1.25. The van der Waals surface area contributed by atoms with Gasteiger partial charge in [0.15, 0.2) is 0 Å². The van der Waals surface area contributed by atoms with Gasteiger partial charge in [0.2, 0.25) is 0 Å². The van der Waals surface area contributed by atoms with Crippen LogP contribution >= 0.6 is 15.9 Å². The third kappa shape index (κ3) is 3.59. The van der Waals surface area contributed by atoms with E-state index in [1.807, 2.05) is 0 Å². The Labute approximate surface area is 124 Å². The molecule has 3 heteroatoms. The van der Waals surface area contributed by atoms with E-state index in [9.17, 15) is 0 Å². The van der Waals surface area contributed by atoms with Gasteiger partial charge in [-0.2, -0.15) is 0 Å². The first-order valence-electron chi connectivity index (χ1n) is 7.34. The number of rotatable bonds is 7. The van der Waals surface area contributed by atoms with Crippen molar-refractivity contribution in [2.24, 2.45) is 0 Å². The predicted molar refractivity (Wildman–Crippen MR) is 86.0 cm³/mol. The van der Waals surface area contributed by atoms with Gasteiger partial charge in [-0.25, -0.2) is 4.98 Å². The van der Waals surface area contributed by atoms with Gasteiger partial charge in [-0.1, -0.05) is 41.9 Å². The highest BCUT2D eigenvalue weighted by atomic mass is 79.9. The fourth-order valence-corrected chi connectivity index (χ4v) is 2.80. The van der Waals surface area contributed by atoms with E-state index < -0.39 is 0 Å². The Hall–Kier alpha value is -0.830. The van der Waals surface area contributed by atoms with Gasteiger partial charge in [-0.15, -0.1) is 0 Å². The van der Waals surface area contributed by atoms with E-state index in [-0.39, 0.29) is 0 Å². The fraction of sp³-hybridized carbons (Fsp3) is 0.562. The van der Waals surface area contributed by atoms with E-state index in [1.54, 1.807) is 0 Å². The number of nitrogens with zero attached hydrogens (tertiary/aromatic N) is 2. The van der Waals surface area contributed by atoms with E-state index in [2.05, 4.69) is 58.6 Å². The molecule has 0 fully saturated rings.